The Morgan fingerprint density at radius 1 is 1.67 bits per heavy atom. The second-order valence-electron chi connectivity index (χ2n) is 5.67. The zero-order valence-electron chi connectivity index (χ0n) is 13.0. The number of piperidine rings is 1. The quantitative estimate of drug-likeness (QED) is 0.904. The van der Waals surface area contributed by atoms with Crippen molar-refractivity contribution >= 4 is 17.2 Å². The Bertz CT molecular complexity index is 477. The van der Waals surface area contributed by atoms with Gasteiger partial charge in [-0.2, -0.15) is 0 Å². The van der Waals surface area contributed by atoms with Crippen molar-refractivity contribution < 1.29 is 9.53 Å². The Morgan fingerprint density at radius 3 is 3.10 bits per heavy atom. The molecule has 1 fully saturated rings. The summed E-state index contributed by atoms with van der Waals surface area (Å²) in [6, 6.07) is 0.448. The molecule has 3 atom stereocenters. The molecule has 0 bridgehead atoms. The lowest BCUT2D eigenvalue weighted by molar-refractivity contribution is -0.133. The van der Waals surface area contributed by atoms with Crippen molar-refractivity contribution in [2.24, 2.45) is 5.73 Å². The van der Waals surface area contributed by atoms with Crippen molar-refractivity contribution in [1.82, 2.24) is 9.88 Å². The van der Waals surface area contributed by atoms with E-state index in [1.54, 1.807) is 11.3 Å². The van der Waals surface area contributed by atoms with E-state index in [0.29, 0.717) is 13.0 Å². The van der Waals surface area contributed by atoms with Gasteiger partial charge in [-0.15, -0.1) is 11.3 Å². The molecule has 1 aromatic rings. The van der Waals surface area contributed by atoms with Crippen molar-refractivity contribution in [3.8, 4) is 0 Å². The van der Waals surface area contributed by atoms with E-state index in [9.17, 15) is 4.79 Å². The summed E-state index contributed by atoms with van der Waals surface area (Å²) >= 11 is 1.56. The summed E-state index contributed by atoms with van der Waals surface area (Å²) in [6.45, 7) is 7.45. The van der Waals surface area contributed by atoms with Crippen LogP contribution in [0, 0.1) is 0 Å². The number of carbonyl (C=O) groups excluding carboxylic acids is 1. The Balaban J connectivity index is 1.93. The highest BCUT2D eigenvalue weighted by atomic mass is 32.1. The summed E-state index contributed by atoms with van der Waals surface area (Å²) in [5.74, 6) is 0.148. The first-order valence-corrected chi connectivity index (χ1v) is 8.50. The average Bonchev–Trinajstić information content (AvgIpc) is 2.87. The summed E-state index contributed by atoms with van der Waals surface area (Å²) in [7, 11) is 0. The first-order valence-electron chi connectivity index (χ1n) is 7.62. The molecule has 1 aliphatic heterocycles. The second-order valence-corrected chi connectivity index (χ2v) is 6.56. The molecule has 5 nitrogen and oxygen atoms in total. The van der Waals surface area contributed by atoms with E-state index in [1.165, 1.54) is 0 Å². The number of ether oxygens (including phenoxy) is 1. The van der Waals surface area contributed by atoms with Crippen molar-refractivity contribution in [2.75, 3.05) is 13.2 Å². The third-order valence-corrected chi connectivity index (χ3v) is 4.96. The molecular formula is C15H25N3O2S. The fourth-order valence-corrected chi connectivity index (χ4v) is 3.57. The van der Waals surface area contributed by atoms with Gasteiger partial charge in [-0.25, -0.2) is 4.98 Å². The van der Waals surface area contributed by atoms with E-state index in [1.807, 2.05) is 24.1 Å². The summed E-state index contributed by atoms with van der Waals surface area (Å²) in [5, 5.41) is 2.90. The lowest BCUT2D eigenvalue weighted by Crippen LogP contribution is -2.48. The Labute approximate surface area is 130 Å². The number of nitrogens with zero attached hydrogens (tertiary/aromatic N) is 2. The van der Waals surface area contributed by atoms with Crippen LogP contribution < -0.4 is 5.73 Å². The van der Waals surface area contributed by atoms with E-state index in [2.05, 4.69) is 11.9 Å². The van der Waals surface area contributed by atoms with E-state index < -0.39 is 0 Å². The molecule has 0 spiro atoms. The fourth-order valence-electron chi connectivity index (χ4n) is 2.75. The number of amides is 1. The van der Waals surface area contributed by atoms with Crippen LogP contribution in [0.4, 0.5) is 0 Å². The first-order chi connectivity index (χ1) is 10.0. The lowest BCUT2D eigenvalue weighted by atomic mass is 9.98. The van der Waals surface area contributed by atoms with Gasteiger partial charge in [-0.1, -0.05) is 0 Å². The minimum Gasteiger partial charge on any atom is -0.372 e. The smallest absolute Gasteiger partial charge is 0.228 e. The molecule has 6 heteroatoms. The van der Waals surface area contributed by atoms with Gasteiger partial charge in [0.25, 0.3) is 0 Å². The molecule has 0 aliphatic carbocycles. The average molecular weight is 311 g/mol. The molecule has 2 N–H and O–H groups in total. The number of rotatable bonds is 5. The minimum atomic E-state index is -0.00393. The van der Waals surface area contributed by atoms with Gasteiger partial charge in [-0.05, 0) is 33.6 Å². The van der Waals surface area contributed by atoms with Gasteiger partial charge < -0.3 is 15.4 Å². The van der Waals surface area contributed by atoms with E-state index in [-0.39, 0.29) is 24.1 Å². The lowest BCUT2D eigenvalue weighted by Gasteiger charge is -2.36. The molecule has 1 aliphatic rings. The van der Waals surface area contributed by atoms with Crippen LogP contribution in [0.1, 0.15) is 50.4 Å². The molecule has 1 saturated heterocycles. The van der Waals surface area contributed by atoms with Crippen molar-refractivity contribution in [1.29, 1.82) is 0 Å². The molecule has 2 heterocycles. The molecule has 0 unspecified atom stereocenters. The van der Waals surface area contributed by atoms with Crippen LogP contribution in [0.3, 0.4) is 0 Å². The second kappa shape index (κ2) is 7.33. The predicted octanol–water partition coefficient (Wildman–Crippen LogP) is 2.12. The van der Waals surface area contributed by atoms with Crippen molar-refractivity contribution in [2.45, 2.75) is 58.2 Å². The zero-order chi connectivity index (χ0) is 15.4. The summed E-state index contributed by atoms with van der Waals surface area (Å²) in [4.78, 5) is 18.9. The number of hydrogen-bond acceptors (Lipinski definition) is 5. The molecular weight excluding hydrogens is 286 g/mol. The van der Waals surface area contributed by atoms with Gasteiger partial charge in [0.2, 0.25) is 5.91 Å². The number of carbonyl (C=O) groups is 1. The number of nitrogens with two attached hydrogens (primary N) is 1. The predicted molar refractivity (Wildman–Crippen MR) is 84.2 cm³/mol. The largest absolute Gasteiger partial charge is 0.372 e. The maximum absolute atomic E-state index is 12.4. The third kappa shape index (κ3) is 4.25. The SMILES string of the molecule is CCO[C@H](C)c1nc(CC(=O)N2CC[C@@H](N)C[C@@H]2C)cs1. The zero-order valence-corrected chi connectivity index (χ0v) is 13.9. The molecule has 0 saturated carbocycles. The van der Waals surface area contributed by atoms with Crippen LogP contribution in [-0.4, -0.2) is 41.0 Å². The van der Waals surface area contributed by atoms with Gasteiger partial charge >= 0.3 is 0 Å². The van der Waals surface area contributed by atoms with Gasteiger partial charge in [0.05, 0.1) is 12.1 Å². The maximum atomic E-state index is 12.4. The van der Waals surface area contributed by atoms with Gasteiger partial charge in [0.1, 0.15) is 11.1 Å². The van der Waals surface area contributed by atoms with Crippen LogP contribution in [0.5, 0.6) is 0 Å². The summed E-state index contributed by atoms with van der Waals surface area (Å²) in [5.41, 5.74) is 6.78. The van der Waals surface area contributed by atoms with Crippen LogP contribution in [0.25, 0.3) is 0 Å². The van der Waals surface area contributed by atoms with E-state index in [0.717, 1.165) is 30.1 Å². The van der Waals surface area contributed by atoms with E-state index >= 15 is 0 Å². The van der Waals surface area contributed by atoms with Crippen molar-refractivity contribution in [3.63, 3.8) is 0 Å². The monoisotopic (exact) mass is 311 g/mol. The normalized spacial score (nSPS) is 24.1. The third-order valence-electron chi connectivity index (χ3n) is 3.90. The van der Waals surface area contributed by atoms with Crippen molar-refractivity contribution in [3.05, 3.63) is 16.1 Å². The number of likely N-dealkylation sites (tertiary alicyclic amines) is 1. The topological polar surface area (TPSA) is 68.5 Å². The van der Waals surface area contributed by atoms with Gasteiger partial charge in [0.15, 0.2) is 0 Å². The Hall–Kier alpha value is -0.980. The van der Waals surface area contributed by atoms with Crippen LogP contribution in [0.2, 0.25) is 0 Å². The maximum Gasteiger partial charge on any atom is 0.228 e. The summed E-state index contributed by atoms with van der Waals surface area (Å²) < 4.78 is 5.53. The number of thiazole rings is 1. The molecule has 0 aromatic carbocycles. The molecule has 118 valence electrons. The number of hydrogen-bond donors (Lipinski definition) is 1. The Morgan fingerprint density at radius 2 is 2.43 bits per heavy atom. The highest BCUT2D eigenvalue weighted by molar-refractivity contribution is 7.09. The molecule has 0 radical (unpaired) electrons. The van der Waals surface area contributed by atoms with Crippen LogP contribution >= 0.6 is 11.3 Å². The van der Waals surface area contributed by atoms with E-state index in [4.69, 9.17) is 10.5 Å². The van der Waals surface area contributed by atoms with Gasteiger partial charge in [0, 0.05) is 30.6 Å². The highest BCUT2D eigenvalue weighted by Crippen LogP contribution is 2.22. The van der Waals surface area contributed by atoms with Crippen LogP contribution in [0.15, 0.2) is 5.38 Å². The molecule has 21 heavy (non-hydrogen) atoms. The molecule has 1 aromatic heterocycles. The molecule has 2 rings (SSSR count). The highest BCUT2D eigenvalue weighted by Gasteiger charge is 2.27. The standard InChI is InChI=1S/C15H25N3O2S/c1-4-20-11(3)15-17-13(9-21-15)8-14(19)18-6-5-12(16)7-10(18)2/h9-12H,4-8,16H2,1-3H3/t10-,11+,12+/m0/s1. The minimum absolute atomic E-state index is 0.00393. The van der Waals surface area contributed by atoms with Crippen LogP contribution in [-0.2, 0) is 16.0 Å². The first kappa shape index (κ1) is 16.4. The Kier molecular flexibility index (Phi) is 5.72. The summed E-state index contributed by atoms with van der Waals surface area (Å²) in [6.07, 6.45) is 2.14. The fraction of sp³-hybridized carbons (Fsp3) is 0.733. The molecule has 1 amide bonds. The van der Waals surface area contributed by atoms with Gasteiger partial charge in [-0.3, -0.25) is 4.79 Å². The number of aromatic nitrogens is 1.